The van der Waals surface area contributed by atoms with Crippen molar-refractivity contribution in [3.63, 3.8) is 0 Å². The van der Waals surface area contributed by atoms with E-state index < -0.39 is 21.6 Å². The van der Waals surface area contributed by atoms with Crippen molar-refractivity contribution in [3.05, 3.63) is 84.2 Å². The number of hydrogen-bond acceptors (Lipinski definition) is 5. The Kier molecular flexibility index (Phi) is 7.21. The number of pyridine rings is 1. The van der Waals surface area contributed by atoms with E-state index in [9.17, 15) is 26.4 Å². The van der Waals surface area contributed by atoms with Crippen LogP contribution < -0.4 is 4.90 Å². The summed E-state index contributed by atoms with van der Waals surface area (Å²) < 4.78 is 70.0. The van der Waals surface area contributed by atoms with Gasteiger partial charge < -0.3 is 9.64 Å². The number of sulfone groups is 1. The van der Waals surface area contributed by atoms with E-state index in [4.69, 9.17) is 4.74 Å². The Morgan fingerprint density at radius 3 is 2.33 bits per heavy atom. The molecule has 1 aliphatic rings. The zero-order valence-corrected chi connectivity index (χ0v) is 21.9. The first-order chi connectivity index (χ1) is 18.5. The predicted octanol–water partition coefficient (Wildman–Crippen LogP) is 5.50. The Morgan fingerprint density at radius 2 is 1.72 bits per heavy atom. The van der Waals surface area contributed by atoms with Crippen LogP contribution >= 0.6 is 0 Å². The lowest BCUT2D eigenvalue weighted by Gasteiger charge is -2.30. The van der Waals surface area contributed by atoms with Gasteiger partial charge in [-0.25, -0.2) is 12.9 Å². The van der Waals surface area contributed by atoms with E-state index in [-0.39, 0.29) is 16.7 Å². The lowest BCUT2D eigenvalue weighted by molar-refractivity contribution is -0.137. The standard InChI is InChI=1S/C28H26F3N3O4S/c1-39(36,37)24-8-6-23(7-9-24)33(18-19-11-14-38-15-12-19)27(35)21-10-13-34-26(16-21)25(17-32-34)20-2-4-22(5-3-20)28(29,30)31/h2-10,13,16-17,19H,11-12,14-15,18H2,1H3. The molecule has 0 N–H and O–H groups in total. The van der Waals surface area contributed by atoms with Crippen molar-refractivity contribution >= 4 is 26.9 Å². The maximum atomic E-state index is 13.9. The molecule has 1 aliphatic heterocycles. The van der Waals surface area contributed by atoms with Gasteiger partial charge in [-0.15, -0.1) is 0 Å². The van der Waals surface area contributed by atoms with Crippen LogP contribution in [0.4, 0.5) is 18.9 Å². The monoisotopic (exact) mass is 557 g/mol. The van der Waals surface area contributed by atoms with Crippen molar-refractivity contribution in [2.75, 3.05) is 30.9 Å². The van der Waals surface area contributed by atoms with Gasteiger partial charge in [0, 0.05) is 49.0 Å². The third-order valence-electron chi connectivity index (χ3n) is 6.90. The van der Waals surface area contributed by atoms with Crippen LogP contribution in [0.25, 0.3) is 16.6 Å². The second-order valence-corrected chi connectivity index (χ2v) is 11.6. The molecule has 11 heteroatoms. The van der Waals surface area contributed by atoms with Crippen LogP contribution in [-0.2, 0) is 20.8 Å². The second kappa shape index (κ2) is 10.5. The van der Waals surface area contributed by atoms with E-state index in [2.05, 4.69) is 5.10 Å². The maximum absolute atomic E-state index is 13.9. The summed E-state index contributed by atoms with van der Waals surface area (Å²) in [7, 11) is -3.40. The van der Waals surface area contributed by atoms with Crippen molar-refractivity contribution in [2.45, 2.75) is 23.9 Å². The minimum Gasteiger partial charge on any atom is -0.381 e. The van der Waals surface area contributed by atoms with Gasteiger partial charge in [-0.3, -0.25) is 4.79 Å². The molecule has 0 unspecified atom stereocenters. The van der Waals surface area contributed by atoms with E-state index >= 15 is 0 Å². The minimum atomic E-state index is -4.44. The highest BCUT2D eigenvalue weighted by Gasteiger charge is 2.30. The number of ether oxygens (including phenoxy) is 1. The maximum Gasteiger partial charge on any atom is 0.416 e. The Morgan fingerprint density at radius 1 is 1.05 bits per heavy atom. The molecular weight excluding hydrogens is 531 g/mol. The molecule has 0 bridgehead atoms. The molecule has 39 heavy (non-hydrogen) atoms. The van der Waals surface area contributed by atoms with Gasteiger partial charge in [-0.1, -0.05) is 12.1 Å². The molecule has 204 valence electrons. The Bertz CT molecular complexity index is 1590. The van der Waals surface area contributed by atoms with Crippen molar-refractivity contribution in [2.24, 2.45) is 5.92 Å². The number of anilines is 1. The summed E-state index contributed by atoms with van der Waals surface area (Å²) >= 11 is 0. The number of fused-ring (bicyclic) bond motifs is 1. The molecule has 0 spiro atoms. The van der Waals surface area contributed by atoms with Crippen LogP contribution in [0.2, 0.25) is 0 Å². The largest absolute Gasteiger partial charge is 0.416 e. The fourth-order valence-electron chi connectivity index (χ4n) is 4.70. The van der Waals surface area contributed by atoms with Gasteiger partial charge in [0.15, 0.2) is 9.84 Å². The topological polar surface area (TPSA) is 81.0 Å². The molecule has 0 radical (unpaired) electrons. The van der Waals surface area contributed by atoms with E-state index in [1.54, 1.807) is 46.1 Å². The lowest BCUT2D eigenvalue weighted by Crippen LogP contribution is -2.37. The number of rotatable bonds is 6. The number of carbonyl (C=O) groups excluding carboxylic acids is 1. The summed E-state index contributed by atoms with van der Waals surface area (Å²) in [4.78, 5) is 15.7. The third-order valence-corrected chi connectivity index (χ3v) is 8.02. The lowest BCUT2D eigenvalue weighted by atomic mass is 9.98. The smallest absolute Gasteiger partial charge is 0.381 e. The van der Waals surface area contributed by atoms with Gasteiger partial charge in [0.25, 0.3) is 5.91 Å². The van der Waals surface area contributed by atoms with Gasteiger partial charge in [-0.2, -0.15) is 18.3 Å². The summed E-state index contributed by atoms with van der Waals surface area (Å²) in [5.41, 5.74) is 1.89. The number of aromatic nitrogens is 2. The number of nitrogens with zero attached hydrogens (tertiary/aromatic N) is 3. The molecule has 2 aromatic heterocycles. The summed E-state index contributed by atoms with van der Waals surface area (Å²) in [6.07, 6.45) is 1.47. The zero-order valence-electron chi connectivity index (χ0n) is 21.1. The number of carbonyl (C=O) groups is 1. The van der Waals surface area contributed by atoms with Gasteiger partial charge in [-0.05, 0) is 72.9 Å². The summed E-state index contributed by atoms with van der Waals surface area (Å²) in [6, 6.07) is 14.3. The Hall–Kier alpha value is -3.70. The fraction of sp³-hybridized carbons (Fsp3) is 0.286. The predicted molar refractivity (Wildman–Crippen MR) is 140 cm³/mol. The SMILES string of the molecule is CS(=O)(=O)c1ccc(N(CC2CCOCC2)C(=O)c2ccn3ncc(-c4ccc(C(F)(F)F)cc4)c3c2)cc1. The second-order valence-electron chi connectivity index (χ2n) is 9.62. The molecule has 0 atom stereocenters. The van der Waals surface area contributed by atoms with Crippen molar-refractivity contribution in [1.82, 2.24) is 9.61 Å². The number of benzene rings is 2. The molecule has 1 fully saturated rings. The number of hydrogen-bond donors (Lipinski definition) is 0. The van der Waals surface area contributed by atoms with Crippen LogP contribution in [0, 0.1) is 5.92 Å². The summed E-state index contributed by atoms with van der Waals surface area (Å²) in [5, 5.41) is 4.29. The molecule has 0 aliphatic carbocycles. The van der Waals surface area contributed by atoms with Crippen LogP contribution in [0.5, 0.6) is 0 Å². The molecular formula is C28H26F3N3O4S. The van der Waals surface area contributed by atoms with Crippen LogP contribution in [-0.4, -0.2) is 50.0 Å². The van der Waals surface area contributed by atoms with E-state index in [1.165, 1.54) is 24.3 Å². The van der Waals surface area contributed by atoms with E-state index in [0.717, 1.165) is 31.2 Å². The van der Waals surface area contributed by atoms with Gasteiger partial charge >= 0.3 is 6.18 Å². The van der Waals surface area contributed by atoms with Crippen LogP contribution in [0.1, 0.15) is 28.8 Å². The number of alkyl halides is 3. The fourth-order valence-corrected chi connectivity index (χ4v) is 5.33. The molecule has 0 saturated carbocycles. The first kappa shape index (κ1) is 26.9. The van der Waals surface area contributed by atoms with Gasteiger partial charge in [0.05, 0.1) is 22.2 Å². The van der Waals surface area contributed by atoms with Crippen molar-refractivity contribution in [1.29, 1.82) is 0 Å². The average molecular weight is 558 g/mol. The van der Waals surface area contributed by atoms with E-state index in [1.807, 2.05) is 0 Å². The average Bonchev–Trinajstić information content (AvgIpc) is 3.34. The van der Waals surface area contributed by atoms with Crippen LogP contribution in [0.15, 0.2) is 78.0 Å². The first-order valence-corrected chi connectivity index (χ1v) is 14.2. The summed E-state index contributed by atoms with van der Waals surface area (Å²) in [6.45, 7) is 1.65. The first-order valence-electron chi connectivity index (χ1n) is 12.4. The zero-order chi connectivity index (χ0) is 27.8. The highest BCUT2D eigenvalue weighted by Crippen LogP contribution is 2.32. The molecule has 2 aromatic carbocycles. The molecule has 7 nitrogen and oxygen atoms in total. The minimum absolute atomic E-state index is 0.159. The van der Waals surface area contributed by atoms with Gasteiger partial charge in [0.1, 0.15) is 0 Å². The normalized spacial score (nSPS) is 15.0. The van der Waals surface area contributed by atoms with Crippen molar-refractivity contribution in [3.8, 4) is 11.1 Å². The molecule has 4 aromatic rings. The molecule has 3 heterocycles. The molecule has 5 rings (SSSR count). The Balaban J connectivity index is 1.50. The quantitative estimate of drug-likeness (QED) is 0.313. The highest BCUT2D eigenvalue weighted by atomic mass is 32.2. The Labute approximate surface area is 223 Å². The highest BCUT2D eigenvalue weighted by molar-refractivity contribution is 7.90. The van der Waals surface area contributed by atoms with Gasteiger partial charge in [0.2, 0.25) is 0 Å². The number of amides is 1. The third kappa shape index (κ3) is 5.84. The van der Waals surface area contributed by atoms with E-state index in [0.29, 0.717) is 47.7 Å². The molecule has 1 amide bonds. The van der Waals surface area contributed by atoms with Crippen molar-refractivity contribution < 1.29 is 31.1 Å². The molecule has 1 saturated heterocycles. The summed E-state index contributed by atoms with van der Waals surface area (Å²) in [5.74, 6) is -0.0747. The number of halogens is 3. The van der Waals surface area contributed by atoms with Crippen LogP contribution in [0.3, 0.4) is 0 Å².